The number of benzene rings is 2. The van der Waals surface area contributed by atoms with Crippen molar-refractivity contribution in [1.82, 2.24) is 10.6 Å². The maximum absolute atomic E-state index is 12.7. The average molecular weight is 420 g/mol. The van der Waals surface area contributed by atoms with E-state index in [2.05, 4.69) is 53.2 Å². The summed E-state index contributed by atoms with van der Waals surface area (Å²) in [4.78, 5) is 26.3. The van der Waals surface area contributed by atoms with E-state index in [0.29, 0.717) is 11.3 Å². The van der Waals surface area contributed by atoms with Crippen LogP contribution in [0.4, 0.5) is 5.69 Å². The van der Waals surface area contributed by atoms with Crippen LogP contribution < -0.4 is 16.0 Å². The molecule has 1 heterocycles. The van der Waals surface area contributed by atoms with E-state index in [0.717, 1.165) is 23.3 Å². The molecule has 5 nitrogen and oxygen atoms in total. The summed E-state index contributed by atoms with van der Waals surface area (Å²) in [5, 5.41) is 11.3. The Morgan fingerprint density at radius 3 is 2.50 bits per heavy atom. The van der Waals surface area contributed by atoms with Crippen molar-refractivity contribution in [2.45, 2.75) is 31.8 Å². The van der Waals surface area contributed by atoms with E-state index >= 15 is 0 Å². The zero-order valence-electron chi connectivity index (χ0n) is 16.9. The highest BCUT2D eigenvalue weighted by molar-refractivity contribution is 7.10. The largest absolute Gasteiger partial charge is 0.349 e. The molecule has 0 aliphatic heterocycles. The smallest absolute Gasteiger partial charge is 0.253 e. The van der Waals surface area contributed by atoms with E-state index < -0.39 is 0 Å². The standard InChI is InChI=1S/C24H25N3O2S/c1-16-8-10-17(11-9-16)23(21-7-4-14-30-21)25-15-22(28)27-20-6-3-2-5-19(20)24(29)26-18-12-13-18/h2-11,14,18,23,25H,12-13,15H2,1H3,(H,26,29)(H,27,28)/t23-/m0/s1. The van der Waals surface area contributed by atoms with Gasteiger partial charge < -0.3 is 10.6 Å². The summed E-state index contributed by atoms with van der Waals surface area (Å²) in [6, 6.07) is 19.7. The molecule has 1 atom stereocenters. The summed E-state index contributed by atoms with van der Waals surface area (Å²) in [7, 11) is 0. The number of nitrogens with one attached hydrogen (secondary N) is 3. The van der Waals surface area contributed by atoms with Gasteiger partial charge in [0.2, 0.25) is 5.91 Å². The molecule has 0 saturated heterocycles. The third kappa shape index (κ3) is 5.14. The lowest BCUT2D eigenvalue weighted by Gasteiger charge is -2.18. The van der Waals surface area contributed by atoms with Crippen molar-refractivity contribution in [1.29, 1.82) is 0 Å². The monoisotopic (exact) mass is 419 g/mol. The number of carbonyl (C=O) groups is 2. The highest BCUT2D eigenvalue weighted by Gasteiger charge is 2.25. The second-order valence-electron chi connectivity index (χ2n) is 7.58. The van der Waals surface area contributed by atoms with Gasteiger partial charge in [0, 0.05) is 10.9 Å². The molecule has 6 heteroatoms. The molecule has 1 aliphatic rings. The van der Waals surface area contributed by atoms with E-state index in [1.54, 1.807) is 29.5 Å². The highest BCUT2D eigenvalue weighted by Crippen LogP contribution is 2.26. The van der Waals surface area contributed by atoms with Gasteiger partial charge in [-0.3, -0.25) is 14.9 Å². The molecule has 3 N–H and O–H groups in total. The Bertz CT molecular complexity index is 1010. The van der Waals surface area contributed by atoms with Crippen LogP contribution in [-0.4, -0.2) is 24.4 Å². The first-order chi connectivity index (χ1) is 14.6. The maximum Gasteiger partial charge on any atom is 0.253 e. The Hall–Kier alpha value is -2.96. The Balaban J connectivity index is 1.43. The van der Waals surface area contributed by atoms with Gasteiger partial charge in [-0.1, -0.05) is 48.0 Å². The van der Waals surface area contributed by atoms with Gasteiger partial charge in [0.15, 0.2) is 0 Å². The van der Waals surface area contributed by atoms with E-state index in [9.17, 15) is 9.59 Å². The van der Waals surface area contributed by atoms with Crippen LogP contribution in [-0.2, 0) is 4.79 Å². The van der Waals surface area contributed by atoms with Crippen molar-refractivity contribution in [3.05, 3.63) is 87.6 Å². The minimum Gasteiger partial charge on any atom is -0.349 e. The van der Waals surface area contributed by atoms with Gasteiger partial charge in [-0.25, -0.2) is 0 Å². The fourth-order valence-corrected chi connectivity index (χ4v) is 4.09. The van der Waals surface area contributed by atoms with E-state index in [-0.39, 0.29) is 30.4 Å². The summed E-state index contributed by atoms with van der Waals surface area (Å²) in [6.45, 7) is 2.19. The average Bonchev–Trinajstić information content (AvgIpc) is 3.39. The molecular formula is C24H25N3O2S. The van der Waals surface area contributed by atoms with Gasteiger partial charge in [0.05, 0.1) is 23.8 Å². The minimum absolute atomic E-state index is 0.0650. The van der Waals surface area contributed by atoms with Gasteiger partial charge in [-0.05, 0) is 48.9 Å². The van der Waals surface area contributed by atoms with Gasteiger partial charge in [-0.15, -0.1) is 11.3 Å². The van der Waals surface area contributed by atoms with Crippen molar-refractivity contribution < 1.29 is 9.59 Å². The molecule has 0 unspecified atom stereocenters. The third-order valence-corrected chi connectivity index (χ3v) is 6.00. The Kier molecular flexibility index (Phi) is 6.26. The molecule has 3 aromatic rings. The van der Waals surface area contributed by atoms with Crippen LogP contribution >= 0.6 is 11.3 Å². The molecule has 30 heavy (non-hydrogen) atoms. The first-order valence-corrected chi connectivity index (χ1v) is 11.0. The van der Waals surface area contributed by atoms with Gasteiger partial charge in [0.1, 0.15) is 0 Å². The molecule has 154 valence electrons. The van der Waals surface area contributed by atoms with E-state index in [1.807, 2.05) is 17.5 Å². The number of aryl methyl sites for hydroxylation is 1. The third-order valence-electron chi connectivity index (χ3n) is 5.06. The lowest BCUT2D eigenvalue weighted by Crippen LogP contribution is -2.32. The van der Waals surface area contributed by atoms with Crippen LogP contribution in [0.5, 0.6) is 0 Å². The van der Waals surface area contributed by atoms with Crippen LogP contribution in [0.2, 0.25) is 0 Å². The van der Waals surface area contributed by atoms with Crippen LogP contribution in [0.3, 0.4) is 0 Å². The number of thiophene rings is 1. The van der Waals surface area contributed by atoms with Crippen molar-refractivity contribution in [3.63, 3.8) is 0 Å². The molecule has 2 amide bonds. The van der Waals surface area contributed by atoms with Gasteiger partial charge in [-0.2, -0.15) is 0 Å². The molecule has 4 rings (SSSR count). The van der Waals surface area contributed by atoms with Crippen LogP contribution in [0.25, 0.3) is 0 Å². The fourth-order valence-electron chi connectivity index (χ4n) is 3.27. The lowest BCUT2D eigenvalue weighted by atomic mass is 10.0. The van der Waals surface area contributed by atoms with Crippen molar-refractivity contribution in [2.75, 3.05) is 11.9 Å². The predicted molar refractivity (Wildman–Crippen MR) is 121 cm³/mol. The molecule has 0 spiro atoms. The number of anilines is 1. The summed E-state index contributed by atoms with van der Waals surface area (Å²) >= 11 is 1.66. The molecule has 0 bridgehead atoms. The highest BCUT2D eigenvalue weighted by atomic mass is 32.1. The molecular weight excluding hydrogens is 394 g/mol. The van der Waals surface area contributed by atoms with Crippen molar-refractivity contribution >= 4 is 28.8 Å². The van der Waals surface area contributed by atoms with Crippen molar-refractivity contribution in [2.24, 2.45) is 0 Å². The van der Waals surface area contributed by atoms with E-state index in [4.69, 9.17) is 0 Å². The molecule has 1 aromatic heterocycles. The lowest BCUT2D eigenvalue weighted by molar-refractivity contribution is -0.115. The molecule has 2 aromatic carbocycles. The van der Waals surface area contributed by atoms with E-state index in [1.165, 1.54) is 5.56 Å². The number of amides is 2. The summed E-state index contributed by atoms with van der Waals surface area (Å²) in [5.41, 5.74) is 3.33. The summed E-state index contributed by atoms with van der Waals surface area (Å²) in [6.07, 6.45) is 2.04. The van der Waals surface area contributed by atoms with Crippen LogP contribution in [0.15, 0.2) is 66.0 Å². The zero-order chi connectivity index (χ0) is 20.9. The summed E-state index contributed by atoms with van der Waals surface area (Å²) in [5.74, 6) is -0.326. The van der Waals surface area contributed by atoms with Crippen LogP contribution in [0, 0.1) is 6.92 Å². The SMILES string of the molecule is Cc1ccc([C@H](NCC(=O)Nc2ccccc2C(=O)NC2CC2)c2cccs2)cc1. The first-order valence-electron chi connectivity index (χ1n) is 10.1. The fraction of sp³-hybridized carbons (Fsp3) is 0.250. The predicted octanol–water partition coefficient (Wildman–Crippen LogP) is 4.27. The Morgan fingerprint density at radius 2 is 1.80 bits per heavy atom. The number of hydrogen-bond donors (Lipinski definition) is 3. The number of carbonyl (C=O) groups excluding carboxylic acids is 2. The Labute approximate surface area is 180 Å². The summed E-state index contributed by atoms with van der Waals surface area (Å²) < 4.78 is 0. The molecule has 0 radical (unpaired) electrons. The van der Waals surface area contributed by atoms with Gasteiger partial charge in [0.25, 0.3) is 5.91 Å². The van der Waals surface area contributed by atoms with Crippen molar-refractivity contribution in [3.8, 4) is 0 Å². The zero-order valence-corrected chi connectivity index (χ0v) is 17.7. The first kappa shape index (κ1) is 20.3. The molecule has 1 aliphatic carbocycles. The molecule has 1 fully saturated rings. The normalized spacial score (nSPS) is 14.2. The number of para-hydroxylation sites is 1. The number of rotatable bonds is 8. The quantitative estimate of drug-likeness (QED) is 0.511. The molecule has 1 saturated carbocycles. The Morgan fingerprint density at radius 1 is 1.03 bits per heavy atom. The maximum atomic E-state index is 12.7. The second kappa shape index (κ2) is 9.24. The topological polar surface area (TPSA) is 70.2 Å². The second-order valence-corrected chi connectivity index (χ2v) is 8.56. The van der Waals surface area contributed by atoms with Gasteiger partial charge >= 0.3 is 0 Å². The van der Waals surface area contributed by atoms with Crippen LogP contribution in [0.1, 0.15) is 45.2 Å². The number of hydrogen-bond acceptors (Lipinski definition) is 4. The minimum atomic E-state index is -0.185.